The number of rotatable bonds is 6. The molecule has 0 spiro atoms. The molecule has 0 unspecified atom stereocenters. The summed E-state index contributed by atoms with van der Waals surface area (Å²) in [6.07, 6.45) is 0. The third kappa shape index (κ3) is 4.85. The summed E-state index contributed by atoms with van der Waals surface area (Å²) in [5.74, 6) is -0.356. The van der Waals surface area contributed by atoms with Crippen molar-refractivity contribution < 1.29 is 13.2 Å². The summed E-state index contributed by atoms with van der Waals surface area (Å²) in [7, 11) is -3.75. The second kappa shape index (κ2) is 8.37. The van der Waals surface area contributed by atoms with Crippen LogP contribution < -0.4 is 10.0 Å². The van der Waals surface area contributed by atoms with Gasteiger partial charge in [-0.2, -0.15) is 0 Å². The quantitative estimate of drug-likeness (QED) is 0.663. The highest BCUT2D eigenvalue weighted by atomic mass is 32.2. The fourth-order valence-electron chi connectivity index (χ4n) is 2.81. The molecule has 1 amide bonds. The van der Waals surface area contributed by atoms with Gasteiger partial charge in [-0.1, -0.05) is 48.5 Å². The smallest absolute Gasteiger partial charge is 0.255 e. The van der Waals surface area contributed by atoms with E-state index in [2.05, 4.69) is 10.0 Å². The van der Waals surface area contributed by atoms with E-state index >= 15 is 0 Å². The van der Waals surface area contributed by atoms with Gasteiger partial charge in [-0.05, 0) is 54.8 Å². The van der Waals surface area contributed by atoms with Crippen molar-refractivity contribution in [2.45, 2.75) is 25.3 Å². The van der Waals surface area contributed by atoms with E-state index in [0.717, 1.165) is 11.1 Å². The average molecular weight is 394 g/mol. The minimum absolute atomic E-state index is 0.0975. The molecule has 3 rings (SSSR count). The van der Waals surface area contributed by atoms with Crippen molar-refractivity contribution in [3.8, 4) is 0 Å². The molecule has 144 valence electrons. The molecule has 2 N–H and O–H groups in total. The van der Waals surface area contributed by atoms with Gasteiger partial charge in [-0.3, -0.25) is 4.79 Å². The van der Waals surface area contributed by atoms with E-state index in [1.54, 1.807) is 25.1 Å². The van der Waals surface area contributed by atoms with Gasteiger partial charge < -0.3 is 5.32 Å². The zero-order valence-electron chi connectivity index (χ0n) is 15.8. The number of carbonyl (C=O) groups is 1. The fraction of sp³-hybridized carbons (Fsp3) is 0.136. The van der Waals surface area contributed by atoms with Crippen molar-refractivity contribution in [1.29, 1.82) is 0 Å². The van der Waals surface area contributed by atoms with Crippen LogP contribution in [0.5, 0.6) is 0 Å². The fourth-order valence-corrected chi connectivity index (χ4v) is 4.10. The molecule has 0 saturated carbocycles. The lowest BCUT2D eigenvalue weighted by Crippen LogP contribution is -2.24. The van der Waals surface area contributed by atoms with Crippen molar-refractivity contribution in [2.75, 3.05) is 5.32 Å². The molecule has 5 nitrogen and oxygen atoms in total. The first-order valence-corrected chi connectivity index (χ1v) is 10.4. The second-order valence-corrected chi connectivity index (χ2v) is 8.35. The summed E-state index contributed by atoms with van der Waals surface area (Å²) in [4.78, 5) is 12.7. The van der Waals surface area contributed by atoms with E-state index in [-0.39, 0.29) is 22.9 Å². The maximum atomic E-state index is 12.8. The number of benzene rings is 3. The molecule has 0 atom stereocenters. The topological polar surface area (TPSA) is 75.3 Å². The van der Waals surface area contributed by atoms with Crippen LogP contribution in [0.2, 0.25) is 0 Å². The molecule has 0 bridgehead atoms. The first-order valence-electron chi connectivity index (χ1n) is 8.87. The average Bonchev–Trinajstić information content (AvgIpc) is 2.67. The van der Waals surface area contributed by atoms with Crippen LogP contribution in [0, 0.1) is 13.8 Å². The van der Waals surface area contributed by atoms with Gasteiger partial charge in [0.1, 0.15) is 0 Å². The van der Waals surface area contributed by atoms with Crippen molar-refractivity contribution in [3.05, 3.63) is 95.1 Å². The molecule has 6 heteroatoms. The highest BCUT2D eigenvalue weighted by molar-refractivity contribution is 7.89. The molecule has 0 fully saturated rings. The number of carbonyl (C=O) groups excluding carboxylic acids is 1. The summed E-state index contributed by atoms with van der Waals surface area (Å²) in [5.41, 5.74) is 3.41. The Morgan fingerprint density at radius 1 is 0.893 bits per heavy atom. The van der Waals surface area contributed by atoms with E-state index in [1.165, 1.54) is 6.07 Å². The largest absolute Gasteiger partial charge is 0.322 e. The normalized spacial score (nSPS) is 11.2. The molecule has 0 aliphatic heterocycles. The summed E-state index contributed by atoms with van der Waals surface area (Å²) in [6, 6.07) is 21.4. The molecule has 28 heavy (non-hydrogen) atoms. The number of hydrogen-bond acceptors (Lipinski definition) is 3. The van der Waals surface area contributed by atoms with Gasteiger partial charge in [0.25, 0.3) is 5.91 Å². The maximum Gasteiger partial charge on any atom is 0.255 e. The van der Waals surface area contributed by atoms with E-state index in [4.69, 9.17) is 0 Å². The van der Waals surface area contributed by atoms with Crippen molar-refractivity contribution in [3.63, 3.8) is 0 Å². The SMILES string of the molecule is Cc1cccc(NC(=O)c2ccc(C)c(S(=O)(=O)NCc3ccccc3)c2)c1. The van der Waals surface area contributed by atoms with Crippen LogP contribution in [-0.4, -0.2) is 14.3 Å². The Morgan fingerprint density at radius 2 is 1.64 bits per heavy atom. The zero-order chi connectivity index (χ0) is 20.1. The first kappa shape index (κ1) is 19.8. The monoisotopic (exact) mass is 394 g/mol. The van der Waals surface area contributed by atoms with E-state index in [1.807, 2.05) is 55.5 Å². The maximum absolute atomic E-state index is 12.8. The Balaban J connectivity index is 1.81. The van der Waals surface area contributed by atoms with Crippen LogP contribution in [0.25, 0.3) is 0 Å². The Bertz CT molecular complexity index is 1090. The minimum atomic E-state index is -3.75. The molecule has 0 saturated heterocycles. The molecule has 3 aromatic rings. The van der Waals surface area contributed by atoms with Gasteiger partial charge in [0.15, 0.2) is 0 Å². The van der Waals surface area contributed by atoms with Crippen molar-refractivity contribution >= 4 is 21.6 Å². The van der Waals surface area contributed by atoms with Crippen LogP contribution >= 0.6 is 0 Å². The predicted molar refractivity (Wildman–Crippen MR) is 111 cm³/mol. The van der Waals surface area contributed by atoms with Gasteiger partial charge in [0.2, 0.25) is 10.0 Å². The summed E-state index contributed by atoms with van der Waals surface area (Å²) < 4.78 is 28.1. The van der Waals surface area contributed by atoms with E-state index < -0.39 is 10.0 Å². The lowest BCUT2D eigenvalue weighted by molar-refractivity contribution is 0.102. The molecule has 3 aromatic carbocycles. The number of nitrogens with one attached hydrogen (secondary N) is 2. The third-order valence-electron chi connectivity index (χ3n) is 4.32. The second-order valence-electron chi connectivity index (χ2n) is 6.61. The Morgan fingerprint density at radius 3 is 2.36 bits per heavy atom. The highest BCUT2D eigenvalue weighted by Gasteiger charge is 2.19. The molecule has 0 aromatic heterocycles. The predicted octanol–water partition coefficient (Wildman–Crippen LogP) is 4.03. The van der Waals surface area contributed by atoms with Gasteiger partial charge in [0.05, 0.1) is 4.90 Å². The zero-order valence-corrected chi connectivity index (χ0v) is 16.6. The van der Waals surface area contributed by atoms with E-state index in [0.29, 0.717) is 11.3 Å². The van der Waals surface area contributed by atoms with Crippen LogP contribution in [0.3, 0.4) is 0 Å². The Labute approximate surface area is 165 Å². The first-order chi connectivity index (χ1) is 13.3. The number of amides is 1. The molecule has 0 aliphatic rings. The molecular weight excluding hydrogens is 372 g/mol. The minimum Gasteiger partial charge on any atom is -0.322 e. The summed E-state index contributed by atoms with van der Waals surface area (Å²) in [5, 5.41) is 2.80. The molecule has 0 radical (unpaired) electrons. The number of sulfonamides is 1. The van der Waals surface area contributed by atoms with Crippen molar-refractivity contribution in [1.82, 2.24) is 4.72 Å². The molecule has 0 aliphatic carbocycles. The van der Waals surface area contributed by atoms with Crippen LogP contribution in [0.15, 0.2) is 77.7 Å². The lowest BCUT2D eigenvalue weighted by atomic mass is 10.1. The molecule has 0 heterocycles. The highest BCUT2D eigenvalue weighted by Crippen LogP contribution is 2.19. The Kier molecular flexibility index (Phi) is 5.92. The molecular formula is C22H22N2O3S. The lowest BCUT2D eigenvalue weighted by Gasteiger charge is -2.12. The van der Waals surface area contributed by atoms with Crippen molar-refractivity contribution in [2.24, 2.45) is 0 Å². The number of aryl methyl sites for hydroxylation is 2. The number of hydrogen-bond donors (Lipinski definition) is 2. The number of anilines is 1. The summed E-state index contributed by atoms with van der Waals surface area (Å²) in [6.45, 7) is 3.83. The van der Waals surface area contributed by atoms with Crippen LogP contribution in [-0.2, 0) is 16.6 Å². The van der Waals surface area contributed by atoms with Gasteiger partial charge in [-0.15, -0.1) is 0 Å². The van der Waals surface area contributed by atoms with Gasteiger partial charge in [0, 0.05) is 17.8 Å². The van der Waals surface area contributed by atoms with E-state index in [9.17, 15) is 13.2 Å². The van der Waals surface area contributed by atoms with Crippen LogP contribution in [0.1, 0.15) is 27.0 Å². The Hall–Kier alpha value is -2.96. The van der Waals surface area contributed by atoms with Gasteiger partial charge >= 0.3 is 0 Å². The van der Waals surface area contributed by atoms with Gasteiger partial charge in [-0.25, -0.2) is 13.1 Å². The summed E-state index contributed by atoms with van der Waals surface area (Å²) >= 11 is 0. The standard InChI is InChI=1S/C22H22N2O3S/c1-16-7-6-10-20(13-16)24-22(25)19-12-11-17(2)21(14-19)28(26,27)23-15-18-8-4-3-5-9-18/h3-14,23H,15H2,1-2H3,(H,24,25). The van der Waals surface area contributed by atoms with Crippen LogP contribution in [0.4, 0.5) is 5.69 Å². The third-order valence-corrected chi connectivity index (χ3v) is 5.87.